The highest BCUT2D eigenvalue weighted by Gasteiger charge is 2.18. The Kier molecular flexibility index (Phi) is 4.05. The van der Waals surface area contributed by atoms with Crippen LogP contribution in [-0.2, 0) is 0 Å². The number of anilines is 1. The molecule has 0 aliphatic rings. The number of nitrogens with one attached hydrogen (secondary N) is 2. The van der Waals surface area contributed by atoms with Crippen LogP contribution in [0.3, 0.4) is 0 Å². The third kappa shape index (κ3) is 2.66. The summed E-state index contributed by atoms with van der Waals surface area (Å²) in [6.07, 6.45) is 0. The van der Waals surface area contributed by atoms with Crippen molar-refractivity contribution in [1.29, 1.82) is 0 Å². The van der Waals surface area contributed by atoms with Crippen LogP contribution < -0.4 is 10.6 Å². The fourth-order valence-electron chi connectivity index (χ4n) is 1.15. The van der Waals surface area contributed by atoms with Crippen LogP contribution in [0.5, 0.6) is 0 Å². The molecule has 0 fully saturated rings. The molecule has 1 heterocycles. The third-order valence-electron chi connectivity index (χ3n) is 1.97. The van der Waals surface area contributed by atoms with Crippen molar-refractivity contribution in [3.8, 4) is 0 Å². The average molecular weight is 229 g/mol. The lowest BCUT2D eigenvalue weighted by Gasteiger charge is -2.11. The number of carbonyl (C=O) groups excluding carboxylic acids is 1. The van der Waals surface area contributed by atoms with Gasteiger partial charge in [-0.25, -0.2) is 0 Å². The molecule has 5 nitrogen and oxygen atoms in total. The predicted molar refractivity (Wildman–Crippen MR) is 60.4 cm³/mol. The van der Waals surface area contributed by atoms with Gasteiger partial charge in [0.05, 0.1) is 17.9 Å². The molecular weight excluding hydrogens is 214 g/mol. The van der Waals surface area contributed by atoms with E-state index in [2.05, 4.69) is 15.0 Å². The molecule has 0 saturated heterocycles. The summed E-state index contributed by atoms with van der Waals surface area (Å²) in [5.74, 6) is -0.202. The Labute approximate surface area is 92.7 Å². The van der Waals surface area contributed by atoms with E-state index < -0.39 is 0 Å². The van der Waals surface area contributed by atoms with Gasteiger partial charge in [0.25, 0.3) is 5.91 Å². The maximum Gasteiger partial charge on any atom is 0.256 e. The van der Waals surface area contributed by atoms with Crippen LogP contribution in [0.25, 0.3) is 0 Å². The molecule has 1 unspecified atom stereocenters. The summed E-state index contributed by atoms with van der Waals surface area (Å²) in [5, 5.41) is 15.2. The standard InChI is InChI=1S/C9H15N3O2S/c1-5(4-13)11-8(14)7-6(2)12-15-9(7)10-3/h5,10,13H,4H2,1-3H3,(H,11,14). The minimum absolute atomic E-state index is 0.0722. The molecule has 0 radical (unpaired) electrons. The average Bonchev–Trinajstić information content (AvgIpc) is 2.59. The normalized spacial score (nSPS) is 12.3. The summed E-state index contributed by atoms with van der Waals surface area (Å²) in [7, 11) is 1.75. The van der Waals surface area contributed by atoms with Crippen LogP contribution in [0.1, 0.15) is 23.0 Å². The zero-order valence-corrected chi connectivity index (χ0v) is 9.81. The molecule has 84 valence electrons. The second kappa shape index (κ2) is 5.09. The summed E-state index contributed by atoms with van der Waals surface area (Å²) < 4.78 is 4.10. The molecule has 1 amide bonds. The van der Waals surface area contributed by atoms with Crippen LogP contribution in [-0.4, -0.2) is 35.1 Å². The Hall–Kier alpha value is -1.14. The Bertz CT molecular complexity index is 351. The van der Waals surface area contributed by atoms with Gasteiger partial charge in [-0.3, -0.25) is 4.79 Å². The fraction of sp³-hybridized carbons (Fsp3) is 0.556. The van der Waals surface area contributed by atoms with E-state index in [0.29, 0.717) is 11.3 Å². The summed E-state index contributed by atoms with van der Waals surface area (Å²) in [6, 6.07) is -0.249. The molecule has 1 atom stereocenters. The van der Waals surface area contributed by atoms with Gasteiger partial charge in [-0.1, -0.05) is 0 Å². The number of rotatable bonds is 4. The molecule has 0 bridgehead atoms. The highest BCUT2D eigenvalue weighted by atomic mass is 32.1. The third-order valence-corrected chi connectivity index (χ3v) is 2.92. The van der Waals surface area contributed by atoms with Gasteiger partial charge in [0.15, 0.2) is 0 Å². The van der Waals surface area contributed by atoms with E-state index in [1.165, 1.54) is 11.5 Å². The van der Waals surface area contributed by atoms with Gasteiger partial charge in [-0.15, -0.1) is 0 Å². The number of amides is 1. The number of aliphatic hydroxyl groups excluding tert-OH is 1. The molecule has 3 N–H and O–H groups in total. The number of aryl methyl sites for hydroxylation is 1. The molecule has 1 aromatic heterocycles. The lowest BCUT2D eigenvalue weighted by Crippen LogP contribution is -2.35. The Morgan fingerprint density at radius 3 is 2.87 bits per heavy atom. The molecule has 0 aliphatic carbocycles. The van der Waals surface area contributed by atoms with E-state index >= 15 is 0 Å². The van der Waals surface area contributed by atoms with Gasteiger partial charge >= 0.3 is 0 Å². The highest BCUT2D eigenvalue weighted by Crippen LogP contribution is 2.23. The molecule has 0 saturated carbocycles. The molecular formula is C9H15N3O2S. The number of aromatic nitrogens is 1. The van der Waals surface area contributed by atoms with Gasteiger partial charge in [0.1, 0.15) is 5.00 Å². The van der Waals surface area contributed by atoms with Crippen molar-refractivity contribution in [1.82, 2.24) is 9.69 Å². The highest BCUT2D eigenvalue weighted by molar-refractivity contribution is 7.10. The first kappa shape index (κ1) is 11.9. The van der Waals surface area contributed by atoms with E-state index in [-0.39, 0.29) is 18.6 Å². The van der Waals surface area contributed by atoms with Gasteiger partial charge in [-0.05, 0) is 25.4 Å². The van der Waals surface area contributed by atoms with Crippen LogP contribution >= 0.6 is 11.5 Å². The number of hydrogen-bond acceptors (Lipinski definition) is 5. The van der Waals surface area contributed by atoms with Crippen molar-refractivity contribution >= 4 is 22.4 Å². The van der Waals surface area contributed by atoms with Crippen LogP contribution in [0.2, 0.25) is 0 Å². The summed E-state index contributed by atoms with van der Waals surface area (Å²) in [4.78, 5) is 11.8. The first-order chi connectivity index (χ1) is 7.10. The predicted octanol–water partition coefficient (Wildman–Crippen LogP) is 0.604. The van der Waals surface area contributed by atoms with Crippen molar-refractivity contribution in [3.63, 3.8) is 0 Å². The molecule has 6 heteroatoms. The second-order valence-corrected chi connectivity index (χ2v) is 4.05. The van der Waals surface area contributed by atoms with E-state index in [4.69, 9.17) is 5.11 Å². The minimum atomic E-state index is -0.249. The maximum absolute atomic E-state index is 11.8. The molecule has 1 aromatic rings. The molecule has 15 heavy (non-hydrogen) atoms. The van der Waals surface area contributed by atoms with Crippen molar-refractivity contribution in [2.75, 3.05) is 19.0 Å². The minimum Gasteiger partial charge on any atom is -0.394 e. The van der Waals surface area contributed by atoms with Crippen molar-refractivity contribution in [2.45, 2.75) is 19.9 Å². The SMILES string of the molecule is CNc1snc(C)c1C(=O)NC(C)CO. The van der Waals surface area contributed by atoms with Crippen molar-refractivity contribution in [3.05, 3.63) is 11.3 Å². The van der Waals surface area contributed by atoms with E-state index in [1.54, 1.807) is 20.9 Å². The molecule has 0 aliphatic heterocycles. The summed E-state index contributed by atoms with van der Waals surface area (Å²) >= 11 is 1.25. The number of carbonyl (C=O) groups is 1. The Balaban J connectivity index is 2.85. The van der Waals surface area contributed by atoms with E-state index in [1.807, 2.05) is 0 Å². The first-order valence-electron chi connectivity index (χ1n) is 4.65. The topological polar surface area (TPSA) is 74.2 Å². The monoisotopic (exact) mass is 229 g/mol. The van der Waals surface area contributed by atoms with E-state index in [0.717, 1.165) is 5.00 Å². The first-order valence-corrected chi connectivity index (χ1v) is 5.43. The molecule has 1 rings (SSSR count). The lowest BCUT2D eigenvalue weighted by molar-refractivity contribution is 0.0922. The molecule has 0 aromatic carbocycles. The van der Waals surface area contributed by atoms with Gasteiger partial charge < -0.3 is 15.7 Å². The summed E-state index contributed by atoms with van der Waals surface area (Å²) in [6.45, 7) is 3.46. The van der Waals surface area contributed by atoms with Crippen LogP contribution in [0.15, 0.2) is 0 Å². The lowest BCUT2D eigenvalue weighted by atomic mass is 10.2. The quantitative estimate of drug-likeness (QED) is 0.707. The maximum atomic E-state index is 11.8. The zero-order chi connectivity index (χ0) is 11.4. The Morgan fingerprint density at radius 1 is 1.67 bits per heavy atom. The van der Waals surface area contributed by atoms with Crippen LogP contribution in [0, 0.1) is 6.92 Å². The second-order valence-electron chi connectivity index (χ2n) is 3.28. The number of nitrogens with zero attached hydrogens (tertiary/aromatic N) is 1. The smallest absolute Gasteiger partial charge is 0.256 e. The van der Waals surface area contributed by atoms with Crippen molar-refractivity contribution < 1.29 is 9.90 Å². The molecule has 0 spiro atoms. The van der Waals surface area contributed by atoms with Gasteiger partial charge in [0, 0.05) is 13.1 Å². The van der Waals surface area contributed by atoms with Gasteiger partial charge in [-0.2, -0.15) is 4.37 Å². The van der Waals surface area contributed by atoms with E-state index in [9.17, 15) is 4.79 Å². The van der Waals surface area contributed by atoms with Crippen molar-refractivity contribution in [2.24, 2.45) is 0 Å². The zero-order valence-electron chi connectivity index (χ0n) is 9.00. The van der Waals surface area contributed by atoms with Crippen LogP contribution in [0.4, 0.5) is 5.00 Å². The number of aliphatic hydroxyl groups is 1. The fourth-order valence-corrected chi connectivity index (χ4v) is 1.89. The Morgan fingerprint density at radius 2 is 2.33 bits per heavy atom. The summed E-state index contributed by atoms with van der Waals surface area (Å²) in [5.41, 5.74) is 1.26. The largest absolute Gasteiger partial charge is 0.394 e. The number of hydrogen-bond donors (Lipinski definition) is 3. The van der Waals surface area contributed by atoms with Gasteiger partial charge in [0.2, 0.25) is 0 Å².